The molecule has 1 aliphatic rings. The first-order valence-corrected chi connectivity index (χ1v) is 5.40. The van der Waals surface area contributed by atoms with Crippen LogP contribution < -0.4 is 10.8 Å². The van der Waals surface area contributed by atoms with E-state index in [2.05, 4.69) is 10.3 Å². The van der Waals surface area contributed by atoms with E-state index in [4.69, 9.17) is 10.0 Å². The van der Waals surface area contributed by atoms with E-state index in [1.807, 2.05) is 0 Å². The largest absolute Gasteiger partial charge is 0.491 e. The number of pyridine rings is 1. The molecule has 1 fully saturated rings. The highest BCUT2D eigenvalue weighted by atomic mass is 19.1. The van der Waals surface area contributed by atoms with Crippen molar-refractivity contribution in [3.05, 3.63) is 23.8 Å². The van der Waals surface area contributed by atoms with E-state index in [-0.39, 0.29) is 11.4 Å². The minimum absolute atomic E-state index is 0.0940. The molecule has 1 saturated heterocycles. The van der Waals surface area contributed by atoms with Crippen molar-refractivity contribution in [3.8, 4) is 0 Å². The molecule has 6 heteroatoms. The van der Waals surface area contributed by atoms with Gasteiger partial charge < -0.3 is 15.4 Å². The van der Waals surface area contributed by atoms with Gasteiger partial charge in [-0.2, -0.15) is 0 Å². The first kappa shape index (κ1) is 11.5. The number of hydrogen-bond donors (Lipinski definition) is 3. The van der Waals surface area contributed by atoms with Crippen molar-refractivity contribution < 1.29 is 14.4 Å². The minimum Gasteiger partial charge on any atom is -0.423 e. The quantitative estimate of drug-likeness (QED) is 0.585. The van der Waals surface area contributed by atoms with Crippen LogP contribution in [0.3, 0.4) is 0 Å². The van der Waals surface area contributed by atoms with Crippen LogP contribution in [-0.4, -0.2) is 35.2 Å². The monoisotopic (exact) mass is 224 g/mol. The number of nitrogens with zero attached hydrogens (tertiary/aromatic N) is 1. The van der Waals surface area contributed by atoms with Crippen LogP contribution in [0.25, 0.3) is 0 Å². The predicted molar refractivity (Wildman–Crippen MR) is 58.9 cm³/mol. The molecule has 2 rings (SSSR count). The Morgan fingerprint density at radius 2 is 2.06 bits per heavy atom. The third kappa shape index (κ3) is 2.40. The van der Waals surface area contributed by atoms with Crippen molar-refractivity contribution in [1.29, 1.82) is 0 Å². The van der Waals surface area contributed by atoms with Gasteiger partial charge in [-0.15, -0.1) is 0 Å². The summed E-state index contributed by atoms with van der Waals surface area (Å²) >= 11 is 0. The van der Waals surface area contributed by atoms with Gasteiger partial charge in [0.2, 0.25) is 0 Å². The molecule has 1 aliphatic heterocycles. The van der Waals surface area contributed by atoms with E-state index in [1.165, 1.54) is 6.07 Å². The zero-order valence-electron chi connectivity index (χ0n) is 8.86. The standard InChI is InChI=1S/C10H14BFN2O2/c12-9-6-14-10(5-8(9)11(15)16)7-1-3-13-4-2-7/h5-7,13,15-16H,1-4H2. The van der Waals surface area contributed by atoms with Crippen LogP contribution in [0.2, 0.25) is 0 Å². The van der Waals surface area contributed by atoms with E-state index in [9.17, 15) is 4.39 Å². The Bertz CT molecular complexity index is 370. The Hall–Kier alpha value is -0.975. The lowest BCUT2D eigenvalue weighted by Gasteiger charge is -2.22. The molecule has 4 nitrogen and oxygen atoms in total. The zero-order valence-corrected chi connectivity index (χ0v) is 8.86. The van der Waals surface area contributed by atoms with E-state index >= 15 is 0 Å². The van der Waals surface area contributed by atoms with Gasteiger partial charge in [-0.1, -0.05) is 0 Å². The fourth-order valence-corrected chi connectivity index (χ4v) is 2.01. The van der Waals surface area contributed by atoms with Crippen molar-refractivity contribution in [2.45, 2.75) is 18.8 Å². The predicted octanol–water partition coefficient (Wildman–Crippen LogP) is -0.632. The van der Waals surface area contributed by atoms with Gasteiger partial charge in [0.1, 0.15) is 5.82 Å². The second-order valence-electron chi connectivity index (χ2n) is 4.03. The summed E-state index contributed by atoms with van der Waals surface area (Å²) in [5, 5.41) is 21.2. The number of halogens is 1. The van der Waals surface area contributed by atoms with Crippen molar-refractivity contribution in [1.82, 2.24) is 10.3 Å². The van der Waals surface area contributed by atoms with Crippen molar-refractivity contribution in [2.75, 3.05) is 13.1 Å². The Labute approximate surface area is 93.7 Å². The van der Waals surface area contributed by atoms with Gasteiger partial charge >= 0.3 is 7.12 Å². The number of piperidine rings is 1. The summed E-state index contributed by atoms with van der Waals surface area (Å²) in [6.45, 7) is 1.83. The molecule has 2 heterocycles. The molecule has 0 saturated carbocycles. The number of hydrogen-bond acceptors (Lipinski definition) is 4. The average Bonchev–Trinajstić information content (AvgIpc) is 2.30. The normalized spacial score (nSPS) is 17.4. The van der Waals surface area contributed by atoms with Crippen molar-refractivity contribution in [3.63, 3.8) is 0 Å². The Morgan fingerprint density at radius 1 is 1.38 bits per heavy atom. The summed E-state index contributed by atoms with van der Waals surface area (Å²) in [6.07, 6.45) is 2.95. The van der Waals surface area contributed by atoms with Gasteiger partial charge in [-0.05, 0) is 32.0 Å². The number of nitrogens with one attached hydrogen (secondary N) is 1. The third-order valence-electron chi connectivity index (χ3n) is 2.94. The Kier molecular flexibility index (Phi) is 3.53. The molecule has 0 aromatic carbocycles. The fourth-order valence-electron chi connectivity index (χ4n) is 2.01. The maximum absolute atomic E-state index is 13.2. The highest BCUT2D eigenvalue weighted by Crippen LogP contribution is 2.22. The SMILES string of the molecule is OB(O)c1cc(C2CCNCC2)ncc1F. The Balaban J connectivity index is 2.24. The zero-order chi connectivity index (χ0) is 11.5. The summed E-state index contributed by atoms with van der Waals surface area (Å²) in [5.74, 6) is -0.396. The first-order chi connectivity index (χ1) is 7.68. The summed E-state index contributed by atoms with van der Waals surface area (Å²) in [5.41, 5.74) is 0.648. The molecule has 1 aromatic rings. The van der Waals surface area contributed by atoms with Gasteiger partial charge in [0.05, 0.1) is 6.20 Å². The first-order valence-electron chi connectivity index (χ1n) is 5.40. The molecule has 86 valence electrons. The molecule has 3 N–H and O–H groups in total. The van der Waals surface area contributed by atoms with Crippen LogP contribution in [0.15, 0.2) is 12.3 Å². The Morgan fingerprint density at radius 3 is 2.69 bits per heavy atom. The molecule has 16 heavy (non-hydrogen) atoms. The maximum atomic E-state index is 13.2. The van der Waals surface area contributed by atoms with Gasteiger partial charge in [-0.3, -0.25) is 4.98 Å². The second kappa shape index (κ2) is 4.90. The highest BCUT2D eigenvalue weighted by Gasteiger charge is 2.22. The van der Waals surface area contributed by atoms with E-state index in [0.29, 0.717) is 0 Å². The van der Waals surface area contributed by atoms with Crippen LogP contribution in [0.4, 0.5) is 4.39 Å². The summed E-state index contributed by atoms with van der Waals surface area (Å²) in [6, 6.07) is 1.45. The molecule has 0 bridgehead atoms. The summed E-state index contributed by atoms with van der Waals surface area (Å²) in [4.78, 5) is 4.02. The number of aromatic nitrogens is 1. The third-order valence-corrected chi connectivity index (χ3v) is 2.94. The smallest absolute Gasteiger partial charge is 0.423 e. The highest BCUT2D eigenvalue weighted by molar-refractivity contribution is 6.58. The molecule has 0 atom stereocenters. The van der Waals surface area contributed by atoms with Crippen LogP contribution in [0.1, 0.15) is 24.5 Å². The molecule has 0 amide bonds. The molecule has 0 unspecified atom stereocenters. The second-order valence-corrected chi connectivity index (χ2v) is 4.03. The minimum atomic E-state index is -1.77. The van der Waals surface area contributed by atoms with Crippen LogP contribution in [0.5, 0.6) is 0 Å². The van der Waals surface area contributed by atoms with E-state index in [1.54, 1.807) is 0 Å². The van der Waals surface area contributed by atoms with Crippen LogP contribution in [0, 0.1) is 5.82 Å². The van der Waals surface area contributed by atoms with Gasteiger partial charge in [-0.25, -0.2) is 4.39 Å². The summed E-state index contributed by atoms with van der Waals surface area (Å²) < 4.78 is 13.2. The van der Waals surface area contributed by atoms with Gasteiger partial charge in [0, 0.05) is 17.1 Å². The van der Waals surface area contributed by atoms with Gasteiger partial charge in [0.25, 0.3) is 0 Å². The van der Waals surface area contributed by atoms with Crippen LogP contribution >= 0.6 is 0 Å². The van der Waals surface area contributed by atoms with Crippen molar-refractivity contribution in [2.24, 2.45) is 0 Å². The topological polar surface area (TPSA) is 65.4 Å². The van der Waals surface area contributed by atoms with E-state index in [0.717, 1.165) is 37.8 Å². The van der Waals surface area contributed by atoms with Crippen LogP contribution in [-0.2, 0) is 0 Å². The lowest BCUT2D eigenvalue weighted by atomic mass is 9.79. The molecule has 0 spiro atoms. The average molecular weight is 224 g/mol. The lowest BCUT2D eigenvalue weighted by molar-refractivity contribution is 0.421. The molecule has 1 aromatic heterocycles. The molecular weight excluding hydrogens is 210 g/mol. The lowest BCUT2D eigenvalue weighted by Crippen LogP contribution is -2.34. The summed E-state index contributed by atoms with van der Waals surface area (Å²) in [7, 11) is -1.77. The maximum Gasteiger partial charge on any atom is 0.491 e. The molecule has 0 radical (unpaired) electrons. The van der Waals surface area contributed by atoms with Gasteiger partial charge in [0.15, 0.2) is 0 Å². The van der Waals surface area contributed by atoms with Crippen molar-refractivity contribution >= 4 is 12.6 Å². The number of rotatable bonds is 2. The fraction of sp³-hybridized carbons (Fsp3) is 0.500. The molecule has 0 aliphatic carbocycles. The van der Waals surface area contributed by atoms with E-state index < -0.39 is 12.9 Å². The molecular formula is C10H14BFN2O2.